The highest BCUT2D eigenvalue weighted by Crippen LogP contribution is 2.46. The van der Waals surface area contributed by atoms with Crippen LogP contribution in [0.2, 0.25) is 0 Å². The molecule has 2 saturated heterocycles. The number of benzene rings is 1. The van der Waals surface area contributed by atoms with E-state index < -0.39 is 0 Å². The zero-order valence-corrected chi connectivity index (χ0v) is 17.7. The van der Waals surface area contributed by atoms with Crippen molar-refractivity contribution in [1.29, 1.82) is 0 Å². The number of aromatic amines is 1. The molecule has 2 aliphatic heterocycles. The summed E-state index contributed by atoms with van der Waals surface area (Å²) in [5.74, 6) is 0.631. The molecule has 0 unspecified atom stereocenters. The van der Waals surface area contributed by atoms with Crippen LogP contribution in [0.1, 0.15) is 49.8 Å². The second-order valence-corrected chi connectivity index (χ2v) is 10.2. The van der Waals surface area contributed by atoms with Crippen LogP contribution in [0.5, 0.6) is 0 Å². The van der Waals surface area contributed by atoms with Gasteiger partial charge in [0.25, 0.3) is 0 Å². The number of amides is 3. The van der Waals surface area contributed by atoms with Crippen molar-refractivity contribution >= 4 is 22.8 Å². The van der Waals surface area contributed by atoms with Gasteiger partial charge in [-0.25, -0.2) is 4.79 Å². The SMILES string of the molecule is CN1C[C@H](CN2CC(=O)NC2=O)C[C@@H]2c3cc(C(C)(C)C)cc4[nH]cc(c34)C[C@H]21. The molecule has 5 rings (SSSR count). The number of fused-ring (bicyclic) bond motifs is 2. The van der Waals surface area contributed by atoms with Crippen molar-refractivity contribution < 1.29 is 9.59 Å². The van der Waals surface area contributed by atoms with Gasteiger partial charge in [0.1, 0.15) is 6.54 Å². The molecule has 3 atom stereocenters. The van der Waals surface area contributed by atoms with Crippen LogP contribution >= 0.6 is 0 Å². The van der Waals surface area contributed by atoms with Crippen LogP contribution in [-0.2, 0) is 16.6 Å². The Morgan fingerprint density at radius 3 is 2.69 bits per heavy atom. The lowest BCUT2D eigenvalue weighted by Gasteiger charge is -2.46. The number of urea groups is 1. The molecule has 1 aromatic carbocycles. The van der Waals surface area contributed by atoms with Gasteiger partial charge in [-0.05, 0) is 54.0 Å². The van der Waals surface area contributed by atoms with E-state index in [1.54, 1.807) is 4.90 Å². The first kappa shape index (κ1) is 18.7. The first-order valence-electron chi connectivity index (χ1n) is 10.6. The number of imide groups is 1. The summed E-state index contributed by atoms with van der Waals surface area (Å²) >= 11 is 0. The van der Waals surface area contributed by atoms with E-state index in [0.29, 0.717) is 24.4 Å². The Bertz CT molecular complexity index is 1000. The van der Waals surface area contributed by atoms with E-state index in [-0.39, 0.29) is 23.9 Å². The Balaban J connectivity index is 1.50. The quantitative estimate of drug-likeness (QED) is 0.770. The normalized spacial score (nSPS) is 27.4. The Morgan fingerprint density at radius 1 is 1.21 bits per heavy atom. The molecule has 2 aromatic rings. The summed E-state index contributed by atoms with van der Waals surface area (Å²) in [4.78, 5) is 31.3. The first-order valence-corrected chi connectivity index (χ1v) is 10.6. The number of carbonyl (C=O) groups is 2. The molecule has 6 nitrogen and oxygen atoms in total. The van der Waals surface area contributed by atoms with E-state index in [1.807, 2.05) is 0 Å². The summed E-state index contributed by atoms with van der Waals surface area (Å²) in [6.07, 6.45) is 4.32. The van der Waals surface area contributed by atoms with Crippen LogP contribution in [-0.4, -0.2) is 59.4 Å². The fourth-order valence-electron chi connectivity index (χ4n) is 5.63. The zero-order valence-electron chi connectivity index (χ0n) is 17.7. The summed E-state index contributed by atoms with van der Waals surface area (Å²) in [6, 6.07) is 4.99. The topological polar surface area (TPSA) is 68.4 Å². The number of aromatic nitrogens is 1. The third kappa shape index (κ3) is 3.05. The van der Waals surface area contributed by atoms with Gasteiger partial charge in [-0.1, -0.05) is 26.8 Å². The van der Waals surface area contributed by atoms with E-state index in [9.17, 15) is 9.59 Å². The van der Waals surface area contributed by atoms with E-state index in [0.717, 1.165) is 19.4 Å². The van der Waals surface area contributed by atoms with E-state index in [2.05, 4.69) is 61.3 Å². The third-order valence-corrected chi connectivity index (χ3v) is 7.10. The van der Waals surface area contributed by atoms with Gasteiger partial charge >= 0.3 is 6.03 Å². The van der Waals surface area contributed by atoms with Crippen molar-refractivity contribution in [3.8, 4) is 0 Å². The lowest BCUT2D eigenvalue weighted by atomic mass is 9.71. The Morgan fingerprint density at radius 2 is 2.00 bits per heavy atom. The minimum atomic E-state index is -0.242. The molecule has 29 heavy (non-hydrogen) atoms. The number of rotatable bonds is 2. The maximum absolute atomic E-state index is 12.0. The molecule has 3 heterocycles. The van der Waals surface area contributed by atoms with Crippen LogP contribution in [0.15, 0.2) is 18.3 Å². The number of nitrogens with zero attached hydrogens (tertiary/aromatic N) is 2. The fourth-order valence-corrected chi connectivity index (χ4v) is 5.63. The monoisotopic (exact) mass is 394 g/mol. The average Bonchev–Trinajstić information content (AvgIpc) is 3.18. The lowest BCUT2D eigenvalue weighted by Crippen LogP contribution is -2.50. The Labute approximate surface area is 171 Å². The smallest absolute Gasteiger partial charge is 0.324 e. The Hall–Kier alpha value is -2.34. The Kier molecular flexibility index (Phi) is 4.07. The zero-order chi connectivity index (χ0) is 20.5. The second-order valence-electron chi connectivity index (χ2n) is 10.2. The molecule has 3 aliphatic rings. The van der Waals surface area contributed by atoms with Gasteiger partial charge < -0.3 is 14.8 Å². The molecule has 6 heteroatoms. The molecular formula is C23H30N4O2. The largest absolute Gasteiger partial charge is 0.361 e. The molecule has 0 saturated carbocycles. The summed E-state index contributed by atoms with van der Waals surface area (Å²) in [7, 11) is 2.21. The molecule has 2 fully saturated rings. The molecular weight excluding hydrogens is 364 g/mol. The third-order valence-electron chi connectivity index (χ3n) is 7.10. The van der Waals surface area contributed by atoms with Crippen LogP contribution in [0, 0.1) is 5.92 Å². The van der Waals surface area contributed by atoms with Gasteiger partial charge in [0.05, 0.1) is 0 Å². The number of piperidine rings is 1. The molecule has 0 bridgehead atoms. The fraction of sp³-hybridized carbons (Fsp3) is 0.565. The summed E-state index contributed by atoms with van der Waals surface area (Å²) in [6.45, 7) is 8.60. The van der Waals surface area contributed by atoms with Crippen LogP contribution in [0.3, 0.4) is 0 Å². The molecule has 1 aromatic heterocycles. The number of hydrogen-bond donors (Lipinski definition) is 2. The number of likely N-dealkylation sites (N-methyl/N-ethyl adjacent to an activating group) is 1. The van der Waals surface area contributed by atoms with Gasteiger partial charge in [0, 0.05) is 42.1 Å². The van der Waals surface area contributed by atoms with Gasteiger partial charge in [-0.2, -0.15) is 0 Å². The van der Waals surface area contributed by atoms with Gasteiger partial charge in [0.2, 0.25) is 5.91 Å². The van der Waals surface area contributed by atoms with Crippen molar-refractivity contribution in [2.75, 3.05) is 26.7 Å². The van der Waals surface area contributed by atoms with Gasteiger partial charge in [0.15, 0.2) is 0 Å². The maximum Gasteiger partial charge on any atom is 0.324 e. The van der Waals surface area contributed by atoms with Crippen molar-refractivity contribution in [2.24, 2.45) is 5.92 Å². The number of hydrogen-bond acceptors (Lipinski definition) is 3. The highest BCUT2D eigenvalue weighted by Gasteiger charge is 2.41. The van der Waals surface area contributed by atoms with Crippen molar-refractivity contribution in [1.82, 2.24) is 20.1 Å². The van der Waals surface area contributed by atoms with Crippen molar-refractivity contribution in [3.63, 3.8) is 0 Å². The maximum atomic E-state index is 12.0. The van der Waals surface area contributed by atoms with Gasteiger partial charge in [-0.3, -0.25) is 10.1 Å². The minimum absolute atomic E-state index is 0.0941. The van der Waals surface area contributed by atoms with Crippen LogP contribution in [0.25, 0.3) is 10.9 Å². The molecule has 1 aliphatic carbocycles. The second kappa shape index (κ2) is 6.33. The number of carbonyl (C=O) groups excluding carboxylic acids is 2. The summed E-state index contributed by atoms with van der Waals surface area (Å²) < 4.78 is 0. The molecule has 0 spiro atoms. The molecule has 2 N–H and O–H groups in total. The van der Waals surface area contributed by atoms with E-state index in [1.165, 1.54) is 27.6 Å². The number of nitrogens with one attached hydrogen (secondary N) is 2. The summed E-state index contributed by atoms with van der Waals surface area (Å²) in [5.41, 5.74) is 5.58. The number of likely N-dealkylation sites (tertiary alicyclic amines) is 1. The predicted octanol–water partition coefficient (Wildman–Crippen LogP) is 2.98. The van der Waals surface area contributed by atoms with E-state index in [4.69, 9.17) is 0 Å². The summed E-state index contributed by atoms with van der Waals surface area (Å²) in [5, 5.41) is 3.81. The van der Waals surface area contributed by atoms with Gasteiger partial charge in [-0.15, -0.1) is 0 Å². The average molecular weight is 395 g/mol. The van der Waals surface area contributed by atoms with Crippen molar-refractivity contribution in [2.45, 2.75) is 51.0 Å². The molecule has 0 radical (unpaired) electrons. The standard InChI is InChI=1S/C23H30N4O2/c1-23(2,3)15-7-17-16-5-13(11-27-12-20(28)25-22(27)29)10-26(4)19(16)6-14-9-24-18(8-15)21(14)17/h7-9,13,16,19,24H,5-6,10-12H2,1-4H3,(H,25,28,29)/t13-,16-,19-/m1/s1. The number of H-pyrrole nitrogens is 1. The molecule has 3 amide bonds. The molecule has 154 valence electrons. The predicted molar refractivity (Wildman–Crippen MR) is 113 cm³/mol. The van der Waals surface area contributed by atoms with E-state index >= 15 is 0 Å². The first-order chi connectivity index (χ1) is 13.7. The van der Waals surface area contributed by atoms with Crippen LogP contribution < -0.4 is 5.32 Å². The van der Waals surface area contributed by atoms with Crippen molar-refractivity contribution in [3.05, 3.63) is 35.0 Å². The minimum Gasteiger partial charge on any atom is -0.361 e. The highest BCUT2D eigenvalue weighted by atomic mass is 16.2. The van der Waals surface area contributed by atoms with Crippen LogP contribution in [0.4, 0.5) is 4.79 Å². The lowest BCUT2D eigenvalue weighted by molar-refractivity contribution is -0.118. The highest BCUT2D eigenvalue weighted by molar-refractivity contribution is 6.01.